The van der Waals surface area contributed by atoms with Crippen LogP contribution in [0.4, 0.5) is 0 Å². The molecule has 0 heterocycles. The lowest BCUT2D eigenvalue weighted by atomic mass is 10.0. The van der Waals surface area contributed by atoms with Crippen molar-refractivity contribution in [2.24, 2.45) is 0 Å². The van der Waals surface area contributed by atoms with Gasteiger partial charge in [-0.15, -0.1) is 0 Å². The van der Waals surface area contributed by atoms with Gasteiger partial charge in [-0.3, -0.25) is 4.79 Å². The Kier molecular flexibility index (Phi) is 15.6. The summed E-state index contributed by atoms with van der Waals surface area (Å²) in [5.74, 6) is -0.606. The van der Waals surface area contributed by atoms with Gasteiger partial charge in [0, 0.05) is 5.56 Å². The topological polar surface area (TPSA) is 55.4 Å². The molecule has 4 nitrogen and oxygen atoms in total. The van der Waals surface area contributed by atoms with Gasteiger partial charge in [0.15, 0.2) is 0 Å². The number of aryl methyl sites for hydroxylation is 1. The summed E-state index contributed by atoms with van der Waals surface area (Å²) in [6, 6.07) is 6.82. The molecule has 31 heavy (non-hydrogen) atoms. The molecule has 1 aromatic rings. The van der Waals surface area contributed by atoms with Gasteiger partial charge >= 0.3 is 5.97 Å². The molecule has 0 aliphatic rings. The van der Waals surface area contributed by atoms with Crippen LogP contribution in [0.3, 0.4) is 0 Å². The fourth-order valence-electron chi connectivity index (χ4n) is 3.65. The lowest BCUT2D eigenvalue weighted by Crippen LogP contribution is -2.39. The van der Waals surface area contributed by atoms with Gasteiger partial charge in [0.1, 0.15) is 6.04 Å². The molecule has 1 atom stereocenters. The fraction of sp³-hybridized carbons (Fsp3) is 0.704. The molecule has 1 aromatic carbocycles. The maximum atomic E-state index is 12.2. The second-order valence-corrected chi connectivity index (χ2v) is 8.66. The van der Waals surface area contributed by atoms with Gasteiger partial charge in [0.2, 0.25) is 0 Å². The van der Waals surface area contributed by atoms with Crippen LogP contribution in [0.15, 0.2) is 24.3 Å². The van der Waals surface area contributed by atoms with E-state index in [1.807, 2.05) is 12.1 Å². The van der Waals surface area contributed by atoms with Gasteiger partial charge < -0.3 is 10.1 Å². The predicted molar refractivity (Wildman–Crippen MR) is 129 cm³/mol. The summed E-state index contributed by atoms with van der Waals surface area (Å²) in [7, 11) is 0. The minimum absolute atomic E-state index is 0.243. The van der Waals surface area contributed by atoms with Gasteiger partial charge in [-0.05, 0) is 37.5 Å². The third kappa shape index (κ3) is 13.2. The maximum absolute atomic E-state index is 12.2. The first-order valence-corrected chi connectivity index (χ1v) is 12.6. The summed E-state index contributed by atoms with van der Waals surface area (Å²) >= 11 is 0. The molecule has 0 aliphatic carbocycles. The van der Waals surface area contributed by atoms with Crippen molar-refractivity contribution < 1.29 is 14.3 Å². The van der Waals surface area contributed by atoms with Crippen molar-refractivity contribution in [2.75, 3.05) is 6.61 Å². The van der Waals surface area contributed by atoms with Crippen LogP contribution in [0.5, 0.6) is 0 Å². The van der Waals surface area contributed by atoms with Crippen LogP contribution in [-0.4, -0.2) is 24.5 Å². The van der Waals surface area contributed by atoms with Crippen LogP contribution in [0, 0.1) is 0 Å². The summed E-state index contributed by atoms with van der Waals surface area (Å²) in [6.45, 7) is 6.44. The number of hydrogen-bond acceptors (Lipinski definition) is 3. The third-order valence-corrected chi connectivity index (χ3v) is 5.82. The van der Waals surface area contributed by atoms with E-state index in [-0.39, 0.29) is 11.9 Å². The molecule has 1 rings (SSSR count). The average Bonchev–Trinajstić information content (AvgIpc) is 2.79. The Morgan fingerprint density at radius 3 is 1.74 bits per heavy atom. The molecule has 0 radical (unpaired) electrons. The van der Waals surface area contributed by atoms with Crippen molar-refractivity contribution in [3.8, 4) is 0 Å². The van der Waals surface area contributed by atoms with E-state index in [0.717, 1.165) is 19.3 Å². The van der Waals surface area contributed by atoms with E-state index in [1.165, 1.54) is 76.2 Å². The van der Waals surface area contributed by atoms with Crippen LogP contribution >= 0.6 is 0 Å². The second-order valence-electron chi connectivity index (χ2n) is 8.66. The highest BCUT2D eigenvalue weighted by Gasteiger charge is 2.17. The maximum Gasteiger partial charge on any atom is 0.328 e. The Hall–Kier alpha value is -1.84. The van der Waals surface area contributed by atoms with Crippen LogP contribution < -0.4 is 5.32 Å². The normalized spacial score (nSPS) is 11.8. The first kappa shape index (κ1) is 27.2. The number of carbonyl (C=O) groups is 2. The molecule has 0 spiro atoms. The molecule has 0 saturated carbocycles. The van der Waals surface area contributed by atoms with Crippen molar-refractivity contribution in [3.63, 3.8) is 0 Å². The van der Waals surface area contributed by atoms with E-state index >= 15 is 0 Å². The molecule has 176 valence electrons. The standard InChI is InChI=1S/C27H45NO3/c1-4-6-7-8-9-10-11-12-13-14-15-16-17-22-31-27(30)23(3)28-26(29)25-20-18-24(5-2)19-21-25/h18-21,23H,4-17,22H2,1-3H3,(H,28,29). The third-order valence-electron chi connectivity index (χ3n) is 5.82. The number of hydrogen-bond donors (Lipinski definition) is 1. The molecule has 1 N–H and O–H groups in total. The quantitative estimate of drug-likeness (QED) is 0.201. The number of amides is 1. The van der Waals surface area contributed by atoms with E-state index in [4.69, 9.17) is 4.74 Å². The fourth-order valence-corrected chi connectivity index (χ4v) is 3.65. The number of ether oxygens (including phenoxy) is 1. The van der Waals surface area contributed by atoms with Crippen LogP contribution in [0.1, 0.15) is 120 Å². The number of carbonyl (C=O) groups excluding carboxylic acids is 2. The highest BCUT2D eigenvalue weighted by atomic mass is 16.5. The minimum Gasteiger partial charge on any atom is -0.464 e. The smallest absolute Gasteiger partial charge is 0.328 e. The van der Waals surface area contributed by atoms with E-state index in [1.54, 1.807) is 19.1 Å². The Balaban J connectivity index is 1.99. The van der Waals surface area contributed by atoms with Gasteiger partial charge in [-0.2, -0.15) is 0 Å². The zero-order valence-electron chi connectivity index (χ0n) is 20.2. The van der Waals surface area contributed by atoms with Gasteiger partial charge in [-0.1, -0.05) is 103 Å². The number of unbranched alkanes of at least 4 members (excludes halogenated alkanes) is 12. The summed E-state index contributed by atoms with van der Waals surface area (Å²) in [4.78, 5) is 24.3. The lowest BCUT2D eigenvalue weighted by molar-refractivity contribution is -0.145. The molecule has 0 fully saturated rings. The van der Waals surface area contributed by atoms with Crippen molar-refractivity contribution in [3.05, 3.63) is 35.4 Å². The summed E-state index contributed by atoms with van der Waals surface area (Å²) in [5.41, 5.74) is 1.75. The van der Waals surface area contributed by atoms with E-state index in [2.05, 4.69) is 19.2 Å². The number of benzene rings is 1. The molecule has 0 aromatic heterocycles. The molecule has 0 bridgehead atoms. The zero-order chi connectivity index (χ0) is 22.7. The average molecular weight is 432 g/mol. The van der Waals surface area contributed by atoms with Gasteiger partial charge in [-0.25, -0.2) is 4.79 Å². The van der Waals surface area contributed by atoms with Crippen molar-refractivity contribution >= 4 is 11.9 Å². The van der Waals surface area contributed by atoms with Crippen LogP contribution in [-0.2, 0) is 16.0 Å². The molecule has 0 saturated heterocycles. The first-order chi connectivity index (χ1) is 15.1. The van der Waals surface area contributed by atoms with Crippen LogP contribution in [0.2, 0.25) is 0 Å². The Morgan fingerprint density at radius 2 is 1.26 bits per heavy atom. The largest absolute Gasteiger partial charge is 0.464 e. The zero-order valence-corrected chi connectivity index (χ0v) is 20.2. The summed E-state index contributed by atoms with van der Waals surface area (Å²) in [6.07, 6.45) is 17.7. The van der Waals surface area contributed by atoms with E-state index in [0.29, 0.717) is 12.2 Å². The van der Waals surface area contributed by atoms with E-state index in [9.17, 15) is 9.59 Å². The number of nitrogens with one attached hydrogen (secondary N) is 1. The van der Waals surface area contributed by atoms with Crippen molar-refractivity contribution in [1.82, 2.24) is 5.32 Å². The lowest BCUT2D eigenvalue weighted by Gasteiger charge is -2.13. The molecule has 1 amide bonds. The van der Waals surface area contributed by atoms with E-state index < -0.39 is 6.04 Å². The number of rotatable bonds is 18. The van der Waals surface area contributed by atoms with Gasteiger partial charge in [0.25, 0.3) is 5.91 Å². The SMILES string of the molecule is CCCCCCCCCCCCCCCOC(=O)C(C)NC(=O)c1ccc(CC)cc1. The number of esters is 1. The Morgan fingerprint density at radius 1 is 0.774 bits per heavy atom. The van der Waals surface area contributed by atoms with Crippen LogP contribution in [0.25, 0.3) is 0 Å². The molecular formula is C27H45NO3. The summed E-state index contributed by atoms with van der Waals surface area (Å²) < 4.78 is 5.32. The van der Waals surface area contributed by atoms with Gasteiger partial charge in [0.05, 0.1) is 6.61 Å². The highest BCUT2D eigenvalue weighted by Crippen LogP contribution is 2.12. The molecule has 1 unspecified atom stereocenters. The highest BCUT2D eigenvalue weighted by molar-refractivity contribution is 5.96. The predicted octanol–water partition coefficient (Wildman–Crippen LogP) is 7.00. The molecular weight excluding hydrogens is 386 g/mol. The Labute approximate surface area is 190 Å². The monoisotopic (exact) mass is 431 g/mol. The summed E-state index contributed by atoms with van der Waals surface area (Å²) in [5, 5.41) is 2.72. The second kappa shape index (κ2) is 17.8. The van der Waals surface area contributed by atoms with Crippen molar-refractivity contribution in [1.29, 1.82) is 0 Å². The molecule has 4 heteroatoms. The molecule has 0 aliphatic heterocycles. The minimum atomic E-state index is -0.639. The first-order valence-electron chi connectivity index (χ1n) is 12.6. The van der Waals surface area contributed by atoms with Crippen molar-refractivity contribution in [2.45, 2.75) is 117 Å². The Bertz CT molecular complexity index is 597.